The SMILES string of the molecule is CS(=O)(=O)c1cccc(-c2ccc(-n3cc(C4(C#N)CCCC4)nc3-c3ccccc3C(F)(F)F)cc2)c1. The second-order valence-electron chi connectivity index (χ2n) is 9.61. The maximum absolute atomic E-state index is 13.9. The third-order valence-electron chi connectivity index (χ3n) is 7.08. The molecule has 0 radical (unpaired) electrons. The highest BCUT2D eigenvalue weighted by molar-refractivity contribution is 7.90. The fourth-order valence-corrected chi connectivity index (χ4v) is 5.71. The van der Waals surface area contributed by atoms with Crippen LogP contribution in [-0.4, -0.2) is 24.2 Å². The molecular formula is C29H24F3N3O2S. The highest BCUT2D eigenvalue weighted by atomic mass is 32.2. The average molecular weight is 536 g/mol. The molecule has 1 aliphatic carbocycles. The minimum absolute atomic E-state index is 0.0673. The number of alkyl halides is 3. The first-order chi connectivity index (χ1) is 18.0. The number of imidazole rings is 1. The van der Waals surface area contributed by atoms with Crippen molar-refractivity contribution in [2.75, 3.05) is 6.26 Å². The Hall–Kier alpha value is -3.90. The molecule has 0 amide bonds. The van der Waals surface area contributed by atoms with Crippen molar-refractivity contribution in [1.29, 1.82) is 5.26 Å². The van der Waals surface area contributed by atoms with Gasteiger partial charge in [-0.3, -0.25) is 4.57 Å². The number of halogens is 3. The standard InChI is InChI=1S/C29H24F3N3O2S/c1-38(36,37)23-8-6-7-21(17-23)20-11-13-22(14-12-20)35-18-26(28(19-33)15-4-5-16-28)34-27(35)24-9-2-3-10-25(24)29(30,31)32/h2-3,6-14,17-18H,4-5,15-16H2,1H3. The van der Waals surface area contributed by atoms with E-state index in [1.165, 1.54) is 24.3 Å². The molecule has 4 aromatic rings. The Bertz CT molecular complexity index is 1640. The molecule has 0 aliphatic heterocycles. The van der Waals surface area contributed by atoms with Gasteiger partial charge >= 0.3 is 6.18 Å². The van der Waals surface area contributed by atoms with Crippen LogP contribution in [0.1, 0.15) is 36.9 Å². The van der Waals surface area contributed by atoms with Crippen LogP contribution in [0.15, 0.2) is 83.9 Å². The van der Waals surface area contributed by atoms with Gasteiger partial charge in [-0.05, 0) is 54.3 Å². The number of sulfone groups is 1. The van der Waals surface area contributed by atoms with E-state index >= 15 is 0 Å². The van der Waals surface area contributed by atoms with Crippen LogP contribution in [-0.2, 0) is 21.4 Å². The van der Waals surface area contributed by atoms with Gasteiger partial charge in [0.05, 0.1) is 22.2 Å². The smallest absolute Gasteiger partial charge is 0.299 e. The van der Waals surface area contributed by atoms with Gasteiger partial charge in [-0.15, -0.1) is 0 Å². The molecule has 5 rings (SSSR count). The summed E-state index contributed by atoms with van der Waals surface area (Å²) in [5, 5.41) is 10.0. The lowest BCUT2D eigenvalue weighted by Crippen LogP contribution is -2.19. The molecular weight excluding hydrogens is 511 g/mol. The van der Waals surface area contributed by atoms with Gasteiger partial charge in [0.2, 0.25) is 0 Å². The zero-order valence-electron chi connectivity index (χ0n) is 20.5. The van der Waals surface area contributed by atoms with Crippen molar-refractivity contribution in [1.82, 2.24) is 9.55 Å². The van der Waals surface area contributed by atoms with Gasteiger partial charge in [-0.2, -0.15) is 18.4 Å². The van der Waals surface area contributed by atoms with E-state index in [0.29, 0.717) is 29.8 Å². The van der Waals surface area contributed by atoms with E-state index in [1.54, 1.807) is 53.2 Å². The van der Waals surface area contributed by atoms with Crippen LogP contribution in [0.5, 0.6) is 0 Å². The molecule has 9 heteroatoms. The first-order valence-electron chi connectivity index (χ1n) is 12.1. The Labute approximate surface area is 219 Å². The van der Waals surface area contributed by atoms with Crippen LogP contribution in [0.3, 0.4) is 0 Å². The largest absolute Gasteiger partial charge is 0.417 e. The molecule has 3 aromatic carbocycles. The fourth-order valence-electron chi connectivity index (χ4n) is 5.05. The summed E-state index contributed by atoms with van der Waals surface area (Å²) in [4.78, 5) is 4.85. The summed E-state index contributed by atoms with van der Waals surface area (Å²) in [5.74, 6) is 0.112. The Morgan fingerprint density at radius 1 is 0.947 bits per heavy atom. The number of hydrogen-bond acceptors (Lipinski definition) is 4. The van der Waals surface area contributed by atoms with Crippen LogP contribution in [0.4, 0.5) is 13.2 Å². The second kappa shape index (κ2) is 9.44. The minimum atomic E-state index is -4.58. The van der Waals surface area contributed by atoms with Gasteiger partial charge in [-0.25, -0.2) is 13.4 Å². The van der Waals surface area contributed by atoms with Gasteiger partial charge in [0.15, 0.2) is 9.84 Å². The minimum Gasteiger partial charge on any atom is -0.299 e. The quantitative estimate of drug-likeness (QED) is 0.277. The molecule has 1 aliphatic rings. The van der Waals surface area contributed by atoms with Crippen molar-refractivity contribution in [2.45, 2.75) is 42.2 Å². The third-order valence-corrected chi connectivity index (χ3v) is 8.19. The number of nitriles is 1. The Morgan fingerprint density at radius 2 is 1.63 bits per heavy atom. The van der Waals surface area contributed by atoms with E-state index in [2.05, 4.69) is 11.1 Å². The second-order valence-corrected chi connectivity index (χ2v) is 11.6. The Kier molecular flexibility index (Phi) is 6.40. The predicted octanol–water partition coefficient (Wildman–Crippen LogP) is 6.96. The lowest BCUT2D eigenvalue weighted by Gasteiger charge is -2.16. The predicted molar refractivity (Wildman–Crippen MR) is 138 cm³/mol. The summed E-state index contributed by atoms with van der Waals surface area (Å²) < 4.78 is 67.4. The van der Waals surface area contributed by atoms with Crippen LogP contribution in [0.2, 0.25) is 0 Å². The molecule has 0 spiro atoms. The summed E-state index contributed by atoms with van der Waals surface area (Å²) in [6.45, 7) is 0. The zero-order valence-corrected chi connectivity index (χ0v) is 21.4. The molecule has 1 fully saturated rings. The van der Waals surface area contributed by atoms with Gasteiger partial charge in [0, 0.05) is 23.7 Å². The summed E-state index contributed by atoms with van der Waals surface area (Å²) in [6.07, 6.45) is 1.17. The summed E-state index contributed by atoms with van der Waals surface area (Å²) in [6, 6.07) is 21.3. The van der Waals surface area contributed by atoms with E-state index in [4.69, 9.17) is 0 Å². The van der Waals surface area contributed by atoms with Crippen LogP contribution in [0.25, 0.3) is 28.2 Å². The van der Waals surface area contributed by atoms with E-state index in [1.807, 2.05) is 0 Å². The first-order valence-corrected chi connectivity index (χ1v) is 14.0. The molecule has 0 unspecified atom stereocenters. The highest BCUT2D eigenvalue weighted by Crippen LogP contribution is 2.43. The molecule has 5 nitrogen and oxygen atoms in total. The summed E-state index contributed by atoms with van der Waals surface area (Å²) in [7, 11) is -3.38. The number of hydrogen-bond donors (Lipinski definition) is 0. The maximum atomic E-state index is 13.9. The lowest BCUT2D eigenvalue weighted by atomic mass is 9.85. The van der Waals surface area contributed by atoms with Crippen molar-refractivity contribution in [2.24, 2.45) is 0 Å². The van der Waals surface area contributed by atoms with Crippen molar-refractivity contribution < 1.29 is 21.6 Å². The molecule has 0 N–H and O–H groups in total. The van der Waals surface area contributed by atoms with Crippen LogP contribution < -0.4 is 0 Å². The molecule has 194 valence electrons. The van der Waals surface area contributed by atoms with E-state index in [9.17, 15) is 26.9 Å². The average Bonchev–Trinajstić information content (AvgIpc) is 3.56. The van der Waals surface area contributed by atoms with Crippen molar-refractivity contribution >= 4 is 9.84 Å². The van der Waals surface area contributed by atoms with Crippen molar-refractivity contribution in [3.63, 3.8) is 0 Å². The Morgan fingerprint density at radius 3 is 2.26 bits per heavy atom. The third kappa shape index (κ3) is 4.72. The Balaban J connectivity index is 1.65. The summed E-state index contributed by atoms with van der Waals surface area (Å²) in [5.41, 5.74) is 0.787. The lowest BCUT2D eigenvalue weighted by molar-refractivity contribution is -0.137. The van der Waals surface area contributed by atoms with Crippen LogP contribution in [0, 0.1) is 11.3 Å². The van der Waals surface area contributed by atoms with E-state index in [-0.39, 0.29) is 16.3 Å². The molecule has 1 saturated carbocycles. The van der Waals surface area contributed by atoms with E-state index in [0.717, 1.165) is 30.7 Å². The molecule has 38 heavy (non-hydrogen) atoms. The van der Waals surface area contributed by atoms with E-state index < -0.39 is 27.0 Å². The van der Waals surface area contributed by atoms with Gasteiger partial charge < -0.3 is 0 Å². The topological polar surface area (TPSA) is 75.8 Å². The number of nitrogens with zero attached hydrogens (tertiary/aromatic N) is 3. The maximum Gasteiger partial charge on any atom is 0.417 e. The molecule has 1 heterocycles. The molecule has 0 atom stereocenters. The van der Waals surface area contributed by atoms with Crippen LogP contribution >= 0.6 is 0 Å². The highest BCUT2D eigenvalue weighted by Gasteiger charge is 2.40. The normalized spacial score (nSPS) is 15.3. The number of rotatable bonds is 5. The molecule has 0 bridgehead atoms. The van der Waals surface area contributed by atoms with Crippen molar-refractivity contribution in [3.8, 4) is 34.3 Å². The van der Waals surface area contributed by atoms with Gasteiger partial charge in [-0.1, -0.05) is 55.3 Å². The number of aromatic nitrogens is 2. The monoisotopic (exact) mass is 535 g/mol. The fraction of sp³-hybridized carbons (Fsp3) is 0.241. The zero-order chi connectivity index (χ0) is 27.1. The molecule has 1 aromatic heterocycles. The van der Waals surface area contributed by atoms with Gasteiger partial charge in [0.1, 0.15) is 11.2 Å². The van der Waals surface area contributed by atoms with Gasteiger partial charge in [0.25, 0.3) is 0 Å². The van der Waals surface area contributed by atoms with Crippen molar-refractivity contribution in [3.05, 3.63) is 90.3 Å². The summed E-state index contributed by atoms with van der Waals surface area (Å²) >= 11 is 0. The molecule has 0 saturated heterocycles. The number of benzene rings is 3. The first kappa shape index (κ1) is 25.7.